The molecule has 2 saturated carbocycles. The maximum atomic E-state index is 8.25. The van der Waals surface area contributed by atoms with Crippen LogP contribution in [-0.4, -0.2) is 60.8 Å². The molecule has 8 N–H and O–H groups in total. The standard InChI is InChI=1S/2C7H16N2O.2Ag.2NO3/c2*1-10-7-3-5(8)2-6(9)4-7;;;2*2-1(3)4/h2*5-7H,2-4,8-9H2,1H3;;;;/q;;2*+1;2*-1/t2*5-,6+,7?;;;;. The van der Waals surface area contributed by atoms with Gasteiger partial charge in [-0.05, 0) is 38.5 Å². The van der Waals surface area contributed by atoms with E-state index in [0.717, 1.165) is 38.5 Å². The van der Waals surface area contributed by atoms with E-state index in [1.807, 2.05) is 0 Å². The van der Waals surface area contributed by atoms with E-state index in [0.29, 0.717) is 12.2 Å². The average Bonchev–Trinajstić information content (AvgIpc) is 2.52. The fourth-order valence-corrected chi connectivity index (χ4v) is 3.09. The Kier molecular flexibility index (Phi) is 26.9. The van der Waals surface area contributed by atoms with Gasteiger partial charge in [0.2, 0.25) is 0 Å². The fraction of sp³-hybridized carbons (Fsp3) is 1.00. The largest absolute Gasteiger partial charge is 1.00 e. The molecule has 0 amide bonds. The molecule has 2 rings (SSSR count). The Balaban J connectivity index is -0.000000160. The maximum Gasteiger partial charge on any atom is 1.00 e. The van der Waals surface area contributed by atoms with Crippen LogP contribution in [-0.2, 0) is 54.2 Å². The van der Waals surface area contributed by atoms with Crippen molar-refractivity contribution in [2.45, 2.75) is 74.9 Å². The second-order valence-electron chi connectivity index (χ2n) is 6.62. The molecule has 0 saturated heterocycles. The Labute approximate surface area is 206 Å². The van der Waals surface area contributed by atoms with Gasteiger partial charge in [-0.2, -0.15) is 0 Å². The molecule has 16 heteroatoms. The van der Waals surface area contributed by atoms with Gasteiger partial charge in [0.25, 0.3) is 0 Å². The topological polar surface area (TPSA) is 255 Å². The summed E-state index contributed by atoms with van der Waals surface area (Å²) in [7, 11) is 3.44. The summed E-state index contributed by atoms with van der Waals surface area (Å²) in [4.78, 5) is 16.5. The van der Waals surface area contributed by atoms with Gasteiger partial charge in [-0.3, -0.25) is 0 Å². The third kappa shape index (κ3) is 25.7. The molecule has 2 fully saturated rings. The molecule has 0 heterocycles. The zero-order chi connectivity index (χ0) is 22.3. The summed E-state index contributed by atoms with van der Waals surface area (Å²) in [5.74, 6) is 0. The predicted octanol–water partition coefficient (Wildman–Crippen LogP) is -0.803. The summed E-state index contributed by atoms with van der Waals surface area (Å²) in [6, 6.07) is 0.977. The van der Waals surface area contributed by atoms with Crippen LogP contribution in [0.4, 0.5) is 0 Å². The summed E-state index contributed by atoms with van der Waals surface area (Å²) in [6.07, 6.45) is 6.32. The molecule has 0 aliphatic heterocycles. The van der Waals surface area contributed by atoms with Crippen LogP contribution in [0, 0.1) is 30.6 Å². The van der Waals surface area contributed by atoms with Crippen molar-refractivity contribution in [2.24, 2.45) is 22.9 Å². The first-order chi connectivity index (χ1) is 12.9. The van der Waals surface area contributed by atoms with E-state index in [9.17, 15) is 0 Å². The van der Waals surface area contributed by atoms with Gasteiger partial charge in [0.15, 0.2) is 0 Å². The van der Waals surface area contributed by atoms with Crippen molar-refractivity contribution in [3.63, 3.8) is 0 Å². The van der Waals surface area contributed by atoms with E-state index in [-0.39, 0.29) is 68.9 Å². The Bertz CT molecular complexity index is 377. The van der Waals surface area contributed by atoms with E-state index < -0.39 is 10.2 Å². The third-order valence-electron chi connectivity index (χ3n) is 4.14. The van der Waals surface area contributed by atoms with Crippen molar-refractivity contribution in [1.82, 2.24) is 0 Å². The monoisotopic (exact) mass is 626 g/mol. The Morgan fingerprint density at radius 2 is 0.767 bits per heavy atom. The third-order valence-corrected chi connectivity index (χ3v) is 4.14. The van der Waals surface area contributed by atoms with Gasteiger partial charge in [0.1, 0.15) is 0 Å². The second-order valence-corrected chi connectivity index (χ2v) is 6.62. The van der Waals surface area contributed by atoms with Crippen molar-refractivity contribution < 1.29 is 64.4 Å². The molecular formula is C14H32Ag2N6O8. The molecule has 0 aromatic carbocycles. The minimum Gasteiger partial charge on any atom is -0.381 e. The molecule has 14 nitrogen and oxygen atoms in total. The zero-order valence-corrected chi connectivity index (χ0v) is 19.7. The Hall–Kier alpha value is -0.359. The van der Waals surface area contributed by atoms with Crippen LogP contribution < -0.4 is 22.9 Å². The van der Waals surface area contributed by atoms with Crippen LogP contribution in [0.3, 0.4) is 0 Å². The molecule has 0 radical (unpaired) electrons. The minimum absolute atomic E-state index is 0. The van der Waals surface area contributed by atoms with Crippen molar-refractivity contribution in [3.05, 3.63) is 30.6 Å². The average molecular weight is 628 g/mol. The number of ether oxygens (including phenoxy) is 2. The first kappa shape index (κ1) is 37.0. The number of nitrogens with zero attached hydrogens (tertiary/aromatic N) is 2. The molecule has 30 heavy (non-hydrogen) atoms. The zero-order valence-electron chi connectivity index (χ0n) is 16.8. The quantitative estimate of drug-likeness (QED) is 0.167. The number of hydrogen-bond donors (Lipinski definition) is 4. The molecule has 0 bridgehead atoms. The SMILES string of the molecule is COC1C[C@@H](N)C[C@@H](N)C1.COC1C[C@@H](N)C[C@@H](N)C1.O=[N+]([O-])[O-].O=[N+]([O-])[O-].[Ag+].[Ag+]. The van der Waals surface area contributed by atoms with Gasteiger partial charge >= 0.3 is 44.8 Å². The first-order valence-corrected chi connectivity index (χ1v) is 8.62. The van der Waals surface area contributed by atoms with Crippen LogP contribution in [0.1, 0.15) is 38.5 Å². The van der Waals surface area contributed by atoms with Gasteiger partial charge in [0.05, 0.1) is 22.4 Å². The molecule has 6 atom stereocenters. The molecule has 2 aliphatic rings. The molecule has 0 aromatic rings. The van der Waals surface area contributed by atoms with Gasteiger partial charge in [-0.25, -0.2) is 0 Å². The molecule has 2 aliphatic carbocycles. The van der Waals surface area contributed by atoms with Crippen LogP contribution >= 0.6 is 0 Å². The van der Waals surface area contributed by atoms with Crippen LogP contribution in [0.25, 0.3) is 0 Å². The van der Waals surface area contributed by atoms with Crippen molar-refractivity contribution in [3.8, 4) is 0 Å². The number of rotatable bonds is 2. The van der Waals surface area contributed by atoms with E-state index in [1.54, 1.807) is 14.2 Å². The summed E-state index contributed by atoms with van der Waals surface area (Å²) in [5.41, 5.74) is 22.9. The molecular weight excluding hydrogens is 596 g/mol. The molecule has 0 spiro atoms. The maximum absolute atomic E-state index is 8.25. The summed E-state index contributed by atoms with van der Waals surface area (Å²) >= 11 is 0. The van der Waals surface area contributed by atoms with Gasteiger partial charge < -0.3 is 63.1 Å². The van der Waals surface area contributed by atoms with Crippen LogP contribution in [0.5, 0.6) is 0 Å². The predicted molar refractivity (Wildman–Crippen MR) is 102 cm³/mol. The van der Waals surface area contributed by atoms with Gasteiger partial charge in [0, 0.05) is 38.4 Å². The van der Waals surface area contributed by atoms with Gasteiger partial charge in [-0.15, -0.1) is 0 Å². The van der Waals surface area contributed by atoms with Crippen LogP contribution in [0.15, 0.2) is 0 Å². The van der Waals surface area contributed by atoms with E-state index in [1.165, 1.54) is 0 Å². The summed E-state index contributed by atoms with van der Waals surface area (Å²) in [5, 5.41) is 29.5. The van der Waals surface area contributed by atoms with E-state index in [4.69, 9.17) is 63.1 Å². The smallest absolute Gasteiger partial charge is 0.381 e. The Morgan fingerprint density at radius 1 is 0.600 bits per heavy atom. The summed E-state index contributed by atoms with van der Waals surface area (Å²) in [6.45, 7) is 0. The molecule has 0 aromatic heterocycles. The second kappa shape index (κ2) is 21.9. The van der Waals surface area contributed by atoms with Crippen molar-refractivity contribution >= 4 is 0 Å². The minimum atomic E-state index is -1.75. The molecule has 2 unspecified atom stereocenters. The number of nitrogens with two attached hydrogens (primary N) is 4. The molecule has 188 valence electrons. The van der Waals surface area contributed by atoms with Crippen LogP contribution in [0.2, 0.25) is 0 Å². The first-order valence-electron chi connectivity index (χ1n) is 8.62. The van der Waals surface area contributed by atoms with E-state index >= 15 is 0 Å². The Morgan fingerprint density at radius 3 is 0.900 bits per heavy atom. The number of hydrogen-bond acceptors (Lipinski definition) is 12. The van der Waals surface area contributed by atoms with E-state index in [2.05, 4.69) is 0 Å². The summed E-state index contributed by atoms with van der Waals surface area (Å²) < 4.78 is 10.3. The fourth-order valence-electron chi connectivity index (χ4n) is 3.09. The normalized spacial score (nSPS) is 29.4. The van der Waals surface area contributed by atoms with Gasteiger partial charge in [-0.1, -0.05) is 0 Å². The van der Waals surface area contributed by atoms with Crippen molar-refractivity contribution in [1.29, 1.82) is 0 Å². The number of methoxy groups -OCH3 is 2. The van der Waals surface area contributed by atoms with Crippen molar-refractivity contribution in [2.75, 3.05) is 14.2 Å².